The van der Waals surface area contributed by atoms with E-state index in [2.05, 4.69) is 25.7 Å². The number of hydrogen-bond acceptors (Lipinski definition) is 7. The summed E-state index contributed by atoms with van der Waals surface area (Å²) in [5.41, 5.74) is 2.70. The molecule has 0 radical (unpaired) electrons. The summed E-state index contributed by atoms with van der Waals surface area (Å²) in [6.07, 6.45) is 0.413. The number of aromatic nitrogens is 4. The number of anilines is 1. The van der Waals surface area contributed by atoms with Crippen molar-refractivity contribution in [1.82, 2.24) is 20.3 Å². The minimum absolute atomic E-state index is 0.286. The molecule has 4 aromatic heterocycles. The second-order valence-electron chi connectivity index (χ2n) is 6.42. The maximum Gasteiger partial charge on any atom is 0.276 e. The molecule has 5 rings (SSSR count). The van der Waals surface area contributed by atoms with Crippen molar-refractivity contribution in [2.45, 2.75) is 6.42 Å². The van der Waals surface area contributed by atoms with E-state index in [9.17, 15) is 4.79 Å². The molecular formula is C21H15N5O2S2. The quantitative estimate of drug-likeness (QED) is 0.389. The van der Waals surface area contributed by atoms with Gasteiger partial charge in [-0.15, -0.1) is 22.7 Å². The highest BCUT2D eigenvalue weighted by atomic mass is 32.1. The molecule has 0 aliphatic heterocycles. The molecule has 0 atom stereocenters. The number of aromatic amines is 1. The van der Waals surface area contributed by atoms with E-state index >= 15 is 0 Å². The highest BCUT2D eigenvalue weighted by Gasteiger charge is 2.16. The van der Waals surface area contributed by atoms with Gasteiger partial charge < -0.3 is 9.84 Å². The normalized spacial score (nSPS) is 10.9. The van der Waals surface area contributed by atoms with Crippen LogP contribution in [0.5, 0.6) is 0 Å². The van der Waals surface area contributed by atoms with E-state index in [1.807, 2.05) is 59.3 Å². The van der Waals surface area contributed by atoms with E-state index in [0.717, 1.165) is 21.0 Å². The smallest absolute Gasteiger partial charge is 0.276 e. The van der Waals surface area contributed by atoms with Gasteiger partial charge in [0.25, 0.3) is 5.91 Å². The number of carbonyl (C=O) groups is 1. The van der Waals surface area contributed by atoms with Crippen LogP contribution < -0.4 is 5.32 Å². The average molecular weight is 434 g/mol. The first-order valence-electron chi connectivity index (χ1n) is 9.11. The Kier molecular flexibility index (Phi) is 4.96. The van der Waals surface area contributed by atoms with Crippen LogP contribution in [0.1, 0.15) is 21.9 Å². The zero-order chi connectivity index (χ0) is 20.3. The molecule has 7 nitrogen and oxygen atoms in total. The SMILES string of the molecule is O=C(Nc1ccccc1Cc1nc(-c2cccs2)no1)c1cc(-c2cccs2)[nH]n1. The first-order chi connectivity index (χ1) is 14.8. The number of nitrogens with one attached hydrogen (secondary N) is 2. The lowest BCUT2D eigenvalue weighted by molar-refractivity contribution is 0.102. The molecule has 5 aromatic rings. The molecule has 30 heavy (non-hydrogen) atoms. The number of H-pyrrole nitrogens is 1. The van der Waals surface area contributed by atoms with Crippen LogP contribution in [0, 0.1) is 0 Å². The fourth-order valence-corrected chi connectivity index (χ4v) is 4.32. The van der Waals surface area contributed by atoms with Gasteiger partial charge in [-0.25, -0.2) is 0 Å². The molecule has 0 spiro atoms. The Labute approximate surface area is 179 Å². The lowest BCUT2D eigenvalue weighted by Crippen LogP contribution is -2.14. The van der Waals surface area contributed by atoms with Crippen LogP contribution >= 0.6 is 22.7 Å². The number of amides is 1. The Morgan fingerprint density at radius 2 is 1.83 bits per heavy atom. The van der Waals surface area contributed by atoms with Crippen LogP contribution in [0.15, 0.2) is 69.9 Å². The monoisotopic (exact) mass is 433 g/mol. The van der Waals surface area contributed by atoms with E-state index in [4.69, 9.17) is 4.52 Å². The Hall–Kier alpha value is -3.56. The topological polar surface area (TPSA) is 96.7 Å². The van der Waals surface area contributed by atoms with Gasteiger partial charge in [-0.05, 0) is 40.6 Å². The Morgan fingerprint density at radius 3 is 2.63 bits per heavy atom. The predicted molar refractivity (Wildman–Crippen MR) is 117 cm³/mol. The van der Waals surface area contributed by atoms with Gasteiger partial charge in [0.2, 0.25) is 11.7 Å². The molecule has 2 N–H and O–H groups in total. The summed E-state index contributed by atoms with van der Waals surface area (Å²) in [6, 6.07) is 17.1. The second kappa shape index (κ2) is 8.05. The number of carbonyl (C=O) groups excluding carboxylic acids is 1. The number of hydrogen-bond donors (Lipinski definition) is 2. The number of nitrogens with zero attached hydrogens (tertiary/aromatic N) is 3. The maximum atomic E-state index is 12.7. The standard InChI is InChI=1S/C21H15N5O2S2/c27-21(16-12-15(24-25-16)17-7-3-9-29-17)22-14-6-2-1-5-13(14)11-19-23-20(26-28-19)18-8-4-10-30-18/h1-10,12H,11H2,(H,22,27)(H,24,25). The van der Waals surface area contributed by atoms with Crippen molar-refractivity contribution >= 4 is 34.3 Å². The molecule has 0 unspecified atom stereocenters. The first-order valence-corrected chi connectivity index (χ1v) is 10.9. The van der Waals surface area contributed by atoms with Gasteiger partial charge in [-0.2, -0.15) is 10.1 Å². The summed E-state index contributed by atoms with van der Waals surface area (Å²) in [7, 11) is 0. The van der Waals surface area contributed by atoms with Crippen LogP contribution in [0.2, 0.25) is 0 Å². The molecular weight excluding hydrogens is 418 g/mol. The lowest BCUT2D eigenvalue weighted by atomic mass is 10.1. The fourth-order valence-electron chi connectivity index (χ4n) is 2.97. The largest absolute Gasteiger partial charge is 0.339 e. The van der Waals surface area contributed by atoms with Gasteiger partial charge in [0.15, 0.2) is 5.69 Å². The number of benzene rings is 1. The molecule has 0 aliphatic carbocycles. The molecule has 4 heterocycles. The highest BCUT2D eigenvalue weighted by molar-refractivity contribution is 7.13. The third-order valence-electron chi connectivity index (χ3n) is 4.41. The van der Waals surface area contributed by atoms with Crippen molar-refractivity contribution in [2.24, 2.45) is 0 Å². The van der Waals surface area contributed by atoms with Gasteiger partial charge in [-0.3, -0.25) is 9.89 Å². The fraction of sp³-hybridized carbons (Fsp3) is 0.0476. The molecule has 0 aliphatic rings. The number of rotatable bonds is 6. The van der Waals surface area contributed by atoms with E-state index in [1.54, 1.807) is 28.7 Å². The van der Waals surface area contributed by atoms with Gasteiger partial charge in [0.1, 0.15) is 0 Å². The van der Waals surface area contributed by atoms with Crippen LogP contribution in [0.4, 0.5) is 5.69 Å². The van der Waals surface area contributed by atoms with Crippen molar-refractivity contribution in [3.8, 4) is 21.3 Å². The van der Waals surface area contributed by atoms with Crippen molar-refractivity contribution in [1.29, 1.82) is 0 Å². The zero-order valence-electron chi connectivity index (χ0n) is 15.5. The van der Waals surface area contributed by atoms with Crippen LogP contribution in [-0.4, -0.2) is 26.2 Å². The van der Waals surface area contributed by atoms with Crippen molar-refractivity contribution in [3.05, 3.63) is 82.5 Å². The highest BCUT2D eigenvalue weighted by Crippen LogP contribution is 2.25. The summed E-state index contributed by atoms with van der Waals surface area (Å²) < 4.78 is 5.40. The van der Waals surface area contributed by atoms with Crippen LogP contribution in [0.25, 0.3) is 21.3 Å². The summed E-state index contributed by atoms with van der Waals surface area (Å²) in [4.78, 5) is 19.2. The first kappa shape index (κ1) is 18.5. The van der Waals surface area contributed by atoms with E-state index in [1.165, 1.54) is 0 Å². The third kappa shape index (κ3) is 3.80. The second-order valence-corrected chi connectivity index (χ2v) is 8.32. The van der Waals surface area contributed by atoms with E-state index in [0.29, 0.717) is 29.5 Å². The number of para-hydroxylation sites is 1. The molecule has 0 saturated heterocycles. The summed E-state index contributed by atoms with van der Waals surface area (Å²) in [5.74, 6) is 0.769. The van der Waals surface area contributed by atoms with Gasteiger partial charge in [-0.1, -0.05) is 35.5 Å². The third-order valence-corrected chi connectivity index (χ3v) is 6.18. The maximum absolute atomic E-state index is 12.7. The van der Waals surface area contributed by atoms with Gasteiger partial charge >= 0.3 is 0 Å². The van der Waals surface area contributed by atoms with Crippen molar-refractivity contribution in [3.63, 3.8) is 0 Å². The molecule has 0 saturated carbocycles. The van der Waals surface area contributed by atoms with Crippen molar-refractivity contribution in [2.75, 3.05) is 5.32 Å². The average Bonchev–Trinajstić information content (AvgIpc) is 3.56. The van der Waals surface area contributed by atoms with Crippen LogP contribution in [0.3, 0.4) is 0 Å². The minimum atomic E-state index is -0.286. The summed E-state index contributed by atoms with van der Waals surface area (Å²) in [5, 5.41) is 18.0. The predicted octanol–water partition coefficient (Wildman–Crippen LogP) is 5.09. The Morgan fingerprint density at radius 1 is 1.03 bits per heavy atom. The Balaban J connectivity index is 1.33. The molecule has 148 valence electrons. The zero-order valence-corrected chi connectivity index (χ0v) is 17.2. The molecule has 1 aromatic carbocycles. The van der Waals surface area contributed by atoms with Gasteiger partial charge in [0.05, 0.1) is 21.9 Å². The van der Waals surface area contributed by atoms with E-state index < -0.39 is 0 Å². The van der Waals surface area contributed by atoms with Crippen LogP contribution in [-0.2, 0) is 6.42 Å². The Bertz CT molecular complexity index is 1270. The molecule has 1 amide bonds. The van der Waals surface area contributed by atoms with Crippen molar-refractivity contribution < 1.29 is 9.32 Å². The lowest BCUT2D eigenvalue weighted by Gasteiger charge is -2.08. The summed E-state index contributed by atoms with van der Waals surface area (Å²) >= 11 is 3.14. The van der Waals surface area contributed by atoms with Gasteiger partial charge in [0, 0.05) is 5.69 Å². The molecule has 0 bridgehead atoms. The minimum Gasteiger partial charge on any atom is -0.339 e. The van der Waals surface area contributed by atoms with E-state index in [-0.39, 0.29) is 5.91 Å². The molecule has 9 heteroatoms. The molecule has 0 fully saturated rings. The summed E-state index contributed by atoms with van der Waals surface area (Å²) in [6.45, 7) is 0. The number of thiophene rings is 2.